The van der Waals surface area contributed by atoms with Gasteiger partial charge in [-0.25, -0.2) is 0 Å². The maximum absolute atomic E-state index is 5.78. The summed E-state index contributed by atoms with van der Waals surface area (Å²) in [5.74, 6) is 1.73. The molecule has 0 radical (unpaired) electrons. The van der Waals surface area contributed by atoms with Gasteiger partial charge in [-0.3, -0.25) is 9.89 Å². The molecule has 2 aromatic rings. The lowest BCUT2D eigenvalue weighted by Crippen LogP contribution is -2.38. The van der Waals surface area contributed by atoms with Gasteiger partial charge in [0.1, 0.15) is 5.75 Å². The van der Waals surface area contributed by atoms with E-state index in [9.17, 15) is 0 Å². The molecule has 6 nitrogen and oxygen atoms in total. The van der Waals surface area contributed by atoms with E-state index >= 15 is 0 Å². The van der Waals surface area contributed by atoms with Crippen LogP contribution in [0, 0.1) is 6.92 Å². The molecule has 0 bridgehead atoms. The standard InChI is InChI=1S/C24H34N4O2/c1-20-8-10-23(11-9-20)30-15-5-12-26-24(25-2)27-18-21-6-3-4-7-22(21)19-28-13-16-29-17-14-28/h3-4,6-11H,5,12-19H2,1-2H3,(H2,25,26,27). The number of morpholine rings is 1. The Morgan fingerprint density at radius 1 is 1.03 bits per heavy atom. The number of hydrogen-bond acceptors (Lipinski definition) is 4. The van der Waals surface area contributed by atoms with Crippen molar-refractivity contribution in [3.05, 3.63) is 65.2 Å². The van der Waals surface area contributed by atoms with Crippen LogP contribution in [0.25, 0.3) is 0 Å². The van der Waals surface area contributed by atoms with Crippen molar-refractivity contribution in [2.24, 2.45) is 4.99 Å². The van der Waals surface area contributed by atoms with Gasteiger partial charge in [-0.05, 0) is 36.6 Å². The van der Waals surface area contributed by atoms with E-state index in [1.165, 1.54) is 16.7 Å². The Bertz CT molecular complexity index is 786. The fraction of sp³-hybridized carbons (Fsp3) is 0.458. The van der Waals surface area contributed by atoms with Crippen LogP contribution < -0.4 is 15.4 Å². The summed E-state index contributed by atoms with van der Waals surface area (Å²) in [4.78, 5) is 6.79. The molecule has 0 amide bonds. The van der Waals surface area contributed by atoms with Crippen molar-refractivity contribution in [2.45, 2.75) is 26.4 Å². The molecule has 30 heavy (non-hydrogen) atoms. The largest absolute Gasteiger partial charge is 0.494 e. The predicted octanol–water partition coefficient (Wildman–Crippen LogP) is 2.96. The normalized spacial score (nSPS) is 15.1. The summed E-state index contributed by atoms with van der Waals surface area (Å²) in [5.41, 5.74) is 3.90. The van der Waals surface area contributed by atoms with E-state index < -0.39 is 0 Å². The average Bonchev–Trinajstić information content (AvgIpc) is 2.78. The van der Waals surface area contributed by atoms with Crippen LogP contribution in [-0.2, 0) is 17.8 Å². The van der Waals surface area contributed by atoms with Crippen LogP contribution in [0.5, 0.6) is 5.75 Å². The number of benzene rings is 2. The van der Waals surface area contributed by atoms with E-state index in [2.05, 4.69) is 63.8 Å². The molecule has 0 saturated carbocycles. The molecule has 2 N–H and O–H groups in total. The topological polar surface area (TPSA) is 58.1 Å². The third-order valence-corrected chi connectivity index (χ3v) is 5.19. The first-order chi connectivity index (χ1) is 14.7. The molecule has 0 aliphatic carbocycles. The maximum atomic E-state index is 5.78. The Morgan fingerprint density at radius 2 is 1.77 bits per heavy atom. The lowest BCUT2D eigenvalue weighted by atomic mass is 10.1. The first kappa shape index (κ1) is 22.1. The van der Waals surface area contributed by atoms with E-state index in [4.69, 9.17) is 9.47 Å². The zero-order valence-corrected chi connectivity index (χ0v) is 18.2. The number of guanidine groups is 1. The molecule has 0 spiro atoms. The fourth-order valence-corrected chi connectivity index (χ4v) is 3.39. The van der Waals surface area contributed by atoms with Crippen LogP contribution in [0.15, 0.2) is 53.5 Å². The van der Waals surface area contributed by atoms with Gasteiger partial charge in [0, 0.05) is 39.8 Å². The zero-order chi connectivity index (χ0) is 21.0. The number of ether oxygens (including phenoxy) is 2. The molecular formula is C24H34N4O2. The van der Waals surface area contributed by atoms with E-state index in [-0.39, 0.29) is 0 Å². The third kappa shape index (κ3) is 7.35. The van der Waals surface area contributed by atoms with Gasteiger partial charge in [-0.1, -0.05) is 42.0 Å². The van der Waals surface area contributed by atoms with Crippen LogP contribution in [0.3, 0.4) is 0 Å². The lowest BCUT2D eigenvalue weighted by Gasteiger charge is -2.27. The van der Waals surface area contributed by atoms with Crippen molar-refractivity contribution in [1.82, 2.24) is 15.5 Å². The number of nitrogens with zero attached hydrogens (tertiary/aromatic N) is 2. The Hall–Kier alpha value is -2.57. The molecule has 6 heteroatoms. The molecule has 1 fully saturated rings. The Balaban J connectivity index is 1.39. The van der Waals surface area contributed by atoms with Gasteiger partial charge in [0.05, 0.1) is 19.8 Å². The highest BCUT2D eigenvalue weighted by Crippen LogP contribution is 2.13. The minimum atomic E-state index is 0.676. The minimum Gasteiger partial charge on any atom is -0.494 e. The second kappa shape index (κ2) is 12.2. The van der Waals surface area contributed by atoms with Crippen molar-refractivity contribution >= 4 is 5.96 Å². The van der Waals surface area contributed by atoms with Gasteiger partial charge >= 0.3 is 0 Å². The highest BCUT2D eigenvalue weighted by Gasteiger charge is 2.12. The van der Waals surface area contributed by atoms with E-state index in [0.29, 0.717) is 6.61 Å². The highest BCUT2D eigenvalue weighted by molar-refractivity contribution is 5.79. The number of hydrogen-bond donors (Lipinski definition) is 2. The van der Waals surface area contributed by atoms with Gasteiger partial charge in [-0.15, -0.1) is 0 Å². The monoisotopic (exact) mass is 410 g/mol. The van der Waals surface area contributed by atoms with Crippen molar-refractivity contribution in [2.75, 3.05) is 46.5 Å². The van der Waals surface area contributed by atoms with Crippen LogP contribution >= 0.6 is 0 Å². The number of nitrogens with one attached hydrogen (secondary N) is 2. The van der Waals surface area contributed by atoms with Gasteiger partial charge in [0.15, 0.2) is 5.96 Å². The molecule has 0 aromatic heterocycles. The smallest absolute Gasteiger partial charge is 0.191 e. The summed E-state index contributed by atoms with van der Waals surface area (Å²) in [6.07, 6.45) is 0.905. The second-order valence-corrected chi connectivity index (χ2v) is 7.52. The van der Waals surface area contributed by atoms with E-state index in [0.717, 1.165) is 64.1 Å². The molecule has 2 aromatic carbocycles. The highest BCUT2D eigenvalue weighted by atomic mass is 16.5. The Morgan fingerprint density at radius 3 is 2.50 bits per heavy atom. The molecule has 0 atom stereocenters. The van der Waals surface area contributed by atoms with Crippen molar-refractivity contribution in [1.29, 1.82) is 0 Å². The minimum absolute atomic E-state index is 0.676. The molecule has 3 rings (SSSR count). The Labute approximate surface area is 180 Å². The zero-order valence-electron chi connectivity index (χ0n) is 18.2. The van der Waals surface area contributed by atoms with E-state index in [1.54, 1.807) is 7.05 Å². The van der Waals surface area contributed by atoms with Crippen LogP contribution in [-0.4, -0.2) is 57.4 Å². The van der Waals surface area contributed by atoms with Crippen LogP contribution in [0.1, 0.15) is 23.1 Å². The summed E-state index contributed by atoms with van der Waals surface area (Å²) in [6.45, 7) is 8.91. The van der Waals surface area contributed by atoms with Crippen LogP contribution in [0.4, 0.5) is 0 Å². The van der Waals surface area contributed by atoms with Crippen molar-refractivity contribution < 1.29 is 9.47 Å². The number of aliphatic imine (C=N–C) groups is 1. The van der Waals surface area contributed by atoms with Gasteiger partial charge in [0.25, 0.3) is 0 Å². The van der Waals surface area contributed by atoms with Crippen molar-refractivity contribution in [3.8, 4) is 5.75 Å². The molecular weight excluding hydrogens is 376 g/mol. The van der Waals surface area contributed by atoms with Gasteiger partial charge in [-0.2, -0.15) is 0 Å². The summed E-state index contributed by atoms with van der Waals surface area (Å²) in [5, 5.41) is 6.80. The SMILES string of the molecule is CN=C(NCCCOc1ccc(C)cc1)NCc1ccccc1CN1CCOCC1. The molecule has 162 valence electrons. The molecule has 1 aliphatic rings. The second-order valence-electron chi connectivity index (χ2n) is 7.52. The van der Waals surface area contributed by atoms with Crippen molar-refractivity contribution in [3.63, 3.8) is 0 Å². The average molecular weight is 411 g/mol. The quantitative estimate of drug-likeness (QED) is 0.378. The Kier molecular flexibility index (Phi) is 9.00. The first-order valence-electron chi connectivity index (χ1n) is 10.8. The molecule has 1 aliphatic heterocycles. The fourth-order valence-electron chi connectivity index (χ4n) is 3.39. The number of rotatable bonds is 9. The predicted molar refractivity (Wildman–Crippen MR) is 122 cm³/mol. The number of aryl methyl sites for hydroxylation is 1. The molecule has 0 unspecified atom stereocenters. The first-order valence-corrected chi connectivity index (χ1v) is 10.8. The summed E-state index contributed by atoms with van der Waals surface area (Å²) < 4.78 is 11.2. The van der Waals surface area contributed by atoms with E-state index in [1.807, 2.05) is 12.1 Å². The van der Waals surface area contributed by atoms with Crippen LogP contribution in [0.2, 0.25) is 0 Å². The summed E-state index contributed by atoms with van der Waals surface area (Å²) >= 11 is 0. The lowest BCUT2D eigenvalue weighted by molar-refractivity contribution is 0.0341. The summed E-state index contributed by atoms with van der Waals surface area (Å²) in [7, 11) is 1.80. The molecule has 1 heterocycles. The third-order valence-electron chi connectivity index (χ3n) is 5.19. The summed E-state index contributed by atoms with van der Waals surface area (Å²) in [6, 6.07) is 16.8. The van der Waals surface area contributed by atoms with Gasteiger partial charge in [0.2, 0.25) is 0 Å². The maximum Gasteiger partial charge on any atom is 0.191 e. The van der Waals surface area contributed by atoms with Gasteiger partial charge < -0.3 is 20.1 Å². The molecule has 1 saturated heterocycles.